The van der Waals surface area contributed by atoms with Crippen LogP contribution in [0.5, 0.6) is 0 Å². The predicted octanol–water partition coefficient (Wildman–Crippen LogP) is 4.29. The Hall–Kier alpha value is -3.04. The van der Waals surface area contributed by atoms with Crippen LogP contribution in [0.4, 0.5) is 32.4 Å². The standard InChI is InChI=1S/C27H36ClF2N5O3.C2HF3O2/c1-18-21(28)14-19(15-22(18)35-9-3-23(36)32-25(35)38)24(37)34-12-6-26(7-13-34)4-10-33(11-5-26)16-20-2-8-31-17-27(20,29)30;3-2(4,5)1(6)7/h14-15,20,31H,2-13,16-17H2,1H3,(H,32,36,38);(H,6,7)/t20-;/m0./s1. The second kappa shape index (κ2) is 13.8. The van der Waals surface area contributed by atoms with Crippen LogP contribution in [0, 0.1) is 18.3 Å². The van der Waals surface area contributed by atoms with Crippen LogP contribution in [0.2, 0.25) is 5.02 Å². The number of nitrogens with zero attached hydrogens (tertiary/aromatic N) is 3. The van der Waals surface area contributed by atoms with Gasteiger partial charge in [-0.1, -0.05) is 11.6 Å². The maximum Gasteiger partial charge on any atom is 0.490 e. The van der Waals surface area contributed by atoms with Gasteiger partial charge < -0.3 is 20.2 Å². The van der Waals surface area contributed by atoms with Crippen molar-refractivity contribution in [2.45, 2.75) is 57.5 Å². The Morgan fingerprint density at radius 1 is 1.04 bits per heavy atom. The molecule has 1 spiro atoms. The van der Waals surface area contributed by atoms with Gasteiger partial charge in [-0.25, -0.2) is 18.4 Å². The van der Waals surface area contributed by atoms with Gasteiger partial charge in [0.05, 0.1) is 12.2 Å². The molecule has 16 heteroatoms. The molecule has 0 unspecified atom stereocenters. The number of anilines is 1. The molecule has 0 aromatic heterocycles. The van der Waals surface area contributed by atoms with Crippen LogP contribution in [0.25, 0.3) is 0 Å². The number of urea groups is 1. The van der Waals surface area contributed by atoms with Crippen molar-refractivity contribution in [2.75, 3.05) is 57.3 Å². The number of likely N-dealkylation sites (tertiary alicyclic amines) is 2. The SMILES string of the molecule is Cc1c(Cl)cc(C(=O)N2CCC3(CCN(C[C@@H]4CCNCC4(F)F)CC3)CC2)cc1N1CCC(=O)NC1=O.O=C(O)C(F)(F)F. The fourth-order valence-electron chi connectivity index (χ4n) is 6.36. The Kier molecular flexibility index (Phi) is 10.6. The molecule has 1 atom stereocenters. The summed E-state index contributed by atoms with van der Waals surface area (Å²) in [6.07, 6.45) is -0.675. The predicted molar refractivity (Wildman–Crippen MR) is 155 cm³/mol. The number of carboxylic acid groups (broad SMARTS) is 1. The van der Waals surface area contributed by atoms with Crippen LogP contribution in [0.1, 0.15) is 54.4 Å². The molecule has 3 N–H and O–H groups in total. The quantitative estimate of drug-likeness (QED) is 0.411. The average Bonchev–Trinajstić information content (AvgIpc) is 2.97. The molecule has 0 aliphatic carbocycles. The molecule has 4 aliphatic rings. The lowest BCUT2D eigenvalue weighted by Crippen LogP contribution is -2.53. The minimum atomic E-state index is -5.08. The van der Waals surface area contributed by atoms with Gasteiger partial charge >= 0.3 is 18.2 Å². The lowest BCUT2D eigenvalue weighted by atomic mass is 9.71. The van der Waals surface area contributed by atoms with E-state index < -0.39 is 30.0 Å². The highest BCUT2D eigenvalue weighted by molar-refractivity contribution is 6.32. The van der Waals surface area contributed by atoms with Crippen molar-refractivity contribution >= 4 is 41.1 Å². The van der Waals surface area contributed by atoms with E-state index in [0.717, 1.165) is 38.8 Å². The molecular formula is C29H37ClF5N5O5. The molecule has 4 heterocycles. The van der Waals surface area contributed by atoms with Gasteiger partial charge in [-0.3, -0.25) is 19.8 Å². The number of carboxylic acids is 1. The summed E-state index contributed by atoms with van der Waals surface area (Å²) in [6, 6.07) is 2.83. The number of piperidine rings is 3. The number of rotatable bonds is 4. The van der Waals surface area contributed by atoms with E-state index in [0.29, 0.717) is 54.4 Å². The smallest absolute Gasteiger partial charge is 0.475 e. The number of nitrogens with one attached hydrogen (secondary N) is 2. The normalized spacial score (nSPS) is 23.7. The second-order valence-electron chi connectivity index (χ2n) is 12.2. The van der Waals surface area contributed by atoms with Crippen LogP contribution in [-0.2, 0) is 9.59 Å². The van der Waals surface area contributed by atoms with Gasteiger partial charge in [-0.05, 0) is 81.8 Å². The van der Waals surface area contributed by atoms with Crippen molar-refractivity contribution < 1.29 is 46.2 Å². The molecule has 0 saturated carbocycles. The van der Waals surface area contributed by atoms with Crippen LogP contribution in [-0.4, -0.2) is 103 Å². The van der Waals surface area contributed by atoms with Gasteiger partial charge in [0.25, 0.3) is 11.8 Å². The van der Waals surface area contributed by atoms with Gasteiger partial charge in [-0.2, -0.15) is 13.2 Å². The Balaban J connectivity index is 0.000000591. The fraction of sp³-hybridized carbons (Fsp3) is 0.655. The lowest BCUT2D eigenvalue weighted by molar-refractivity contribution is -0.192. The highest BCUT2D eigenvalue weighted by Crippen LogP contribution is 2.42. The van der Waals surface area contributed by atoms with E-state index in [1.54, 1.807) is 19.1 Å². The number of carbonyl (C=O) groups excluding carboxylic acids is 3. The fourth-order valence-corrected chi connectivity index (χ4v) is 6.58. The molecule has 5 rings (SSSR count). The number of amides is 4. The largest absolute Gasteiger partial charge is 0.490 e. The first-order valence-corrected chi connectivity index (χ1v) is 15.2. The van der Waals surface area contributed by atoms with Crippen LogP contribution in [0.15, 0.2) is 12.1 Å². The van der Waals surface area contributed by atoms with Crippen molar-refractivity contribution in [3.05, 3.63) is 28.3 Å². The summed E-state index contributed by atoms with van der Waals surface area (Å²) in [7, 11) is 0. The summed E-state index contributed by atoms with van der Waals surface area (Å²) in [4.78, 5) is 51.8. The van der Waals surface area contributed by atoms with Crippen LogP contribution in [0.3, 0.4) is 0 Å². The summed E-state index contributed by atoms with van der Waals surface area (Å²) < 4.78 is 60.3. The molecule has 4 fully saturated rings. The Labute approximate surface area is 262 Å². The first-order valence-electron chi connectivity index (χ1n) is 14.8. The van der Waals surface area contributed by atoms with Crippen LogP contribution < -0.4 is 15.5 Å². The number of benzene rings is 1. The van der Waals surface area contributed by atoms with E-state index in [9.17, 15) is 36.3 Å². The van der Waals surface area contributed by atoms with Gasteiger partial charge in [0.15, 0.2) is 0 Å². The molecular weight excluding hydrogens is 629 g/mol. The highest BCUT2D eigenvalue weighted by atomic mass is 35.5. The summed E-state index contributed by atoms with van der Waals surface area (Å²) in [6.45, 7) is 5.82. The second-order valence-corrected chi connectivity index (χ2v) is 12.6. The number of imide groups is 1. The van der Waals surface area contributed by atoms with Gasteiger partial charge in [0, 0.05) is 49.1 Å². The van der Waals surface area contributed by atoms with E-state index in [4.69, 9.17) is 21.5 Å². The molecule has 10 nitrogen and oxygen atoms in total. The number of hydrogen-bond acceptors (Lipinski definition) is 6. The topological polar surface area (TPSA) is 122 Å². The highest BCUT2D eigenvalue weighted by Gasteiger charge is 2.44. The van der Waals surface area contributed by atoms with E-state index in [1.165, 1.54) is 4.90 Å². The van der Waals surface area contributed by atoms with Crippen LogP contribution >= 0.6 is 11.6 Å². The van der Waals surface area contributed by atoms with Crippen molar-refractivity contribution in [3.8, 4) is 0 Å². The summed E-state index contributed by atoms with van der Waals surface area (Å²) in [5.41, 5.74) is 1.79. The summed E-state index contributed by atoms with van der Waals surface area (Å²) >= 11 is 6.46. The third-order valence-electron chi connectivity index (χ3n) is 9.29. The van der Waals surface area contributed by atoms with Crippen molar-refractivity contribution in [3.63, 3.8) is 0 Å². The summed E-state index contributed by atoms with van der Waals surface area (Å²) in [5, 5.41) is 12.6. The van der Waals surface area contributed by atoms with Gasteiger partial charge in [-0.15, -0.1) is 0 Å². The molecule has 4 saturated heterocycles. The molecule has 0 radical (unpaired) electrons. The van der Waals surface area contributed by atoms with Gasteiger partial charge in [0.1, 0.15) is 0 Å². The Bertz CT molecular complexity index is 1290. The Morgan fingerprint density at radius 2 is 1.64 bits per heavy atom. The van der Waals surface area contributed by atoms with Crippen molar-refractivity contribution in [1.29, 1.82) is 0 Å². The number of carbonyl (C=O) groups is 4. The zero-order valence-electron chi connectivity index (χ0n) is 24.8. The number of alkyl halides is 5. The zero-order valence-corrected chi connectivity index (χ0v) is 25.6. The lowest BCUT2D eigenvalue weighted by Gasteiger charge is -2.48. The van der Waals surface area contributed by atoms with Crippen molar-refractivity contribution in [1.82, 2.24) is 20.4 Å². The van der Waals surface area contributed by atoms with Gasteiger partial charge in [0.2, 0.25) is 5.91 Å². The van der Waals surface area contributed by atoms with E-state index in [1.807, 2.05) is 4.90 Å². The van der Waals surface area contributed by atoms with E-state index >= 15 is 0 Å². The molecule has 45 heavy (non-hydrogen) atoms. The minimum absolute atomic E-state index is 0.123. The van der Waals surface area contributed by atoms with E-state index in [2.05, 4.69) is 15.5 Å². The van der Waals surface area contributed by atoms with Crippen molar-refractivity contribution in [2.24, 2.45) is 11.3 Å². The van der Waals surface area contributed by atoms with E-state index in [-0.39, 0.29) is 36.7 Å². The number of hydrogen-bond donors (Lipinski definition) is 3. The molecule has 1 aromatic rings. The molecule has 0 bridgehead atoms. The first-order chi connectivity index (χ1) is 21.0. The minimum Gasteiger partial charge on any atom is -0.475 e. The Morgan fingerprint density at radius 3 is 2.20 bits per heavy atom. The third-order valence-corrected chi connectivity index (χ3v) is 9.68. The number of aliphatic carboxylic acids is 1. The summed E-state index contributed by atoms with van der Waals surface area (Å²) in [5.74, 6) is -6.43. The third kappa shape index (κ3) is 8.41. The average molecular weight is 666 g/mol. The maximum absolute atomic E-state index is 14.3. The molecule has 4 amide bonds. The molecule has 4 aliphatic heterocycles. The zero-order chi connectivity index (χ0) is 33.2. The molecule has 250 valence electrons. The molecule has 1 aromatic carbocycles. The maximum atomic E-state index is 14.3. The monoisotopic (exact) mass is 665 g/mol. The number of halogens is 6. The first kappa shape index (κ1) is 34.8.